The number of hydrogen-bond acceptors (Lipinski definition) is 3. The molecule has 1 aromatic heterocycles. The van der Waals surface area contributed by atoms with Crippen molar-refractivity contribution in [2.75, 3.05) is 11.6 Å². The van der Waals surface area contributed by atoms with Crippen LogP contribution in [0.15, 0.2) is 28.5 Å². The highest BCUT2D eigenvalue weighted by atomic mass is 35.5. The van der Waals surface area contributed by atoms with Gasteiger partial charge in [0.1, 0.15) is 0 Å². The predicted molar refractivity (Wildman–Crippen MR) is 70.2 cm³/mol. The summed E-state index contributed by atoms with van der Waals surface area (Å²) in [6.45, 7) is 2.17. The number of benzene rings is 1. The molecule has 15 heavy (non-hydrogen) atoms. The van der Waals surface area contributed by atoms with E-state index in [1.54, 1.807) is 11.5 Å². The Morgan fingerprint density at radius 2 is 2.27 bits per heavy atom. The fraction of sp³-hybridized carbons (Fsp3) is 0.364. The van der Waals surface area contributed by atoms with Gasteiger partial charge in [-0.15, -0.1) is 23.4 Å². The Bertz CT molecular complexity index is 441. The van der Waals surface area contributed by atoms with E-state index in [0.29, 0.717) is 5.92 Å². The molecule has 1 atom stereocenters. The van der Waals surface area contributed by atoms with Crippen LogP contribution in [-0.2, 0) is 0 Å². The Labute approximate surface area is 103 Å². The summed E-state index contributed by atoms with van der Waals surface area (Å²) >= 11 is 9.23. The molecule has 0 aliphatic carbocycles. The first-order valence-electron chi connectivity index (χ1n) is 4.84. The molecular weight excluding hydrogens is 246 g/mol. The number of hydrogen-bond donors (Lipinski definition) is 0. The van der Waals surface area contributed by atoms with Gasteiger partial charge in [-0.1, -0.05) is 25.1 Å². The van der Waals surface area contributed by atoms with Crippen molar-refractivity contribution >= 4 is 45.8 Å². The summed E-state index contributed by atoms with van der Waals surface area (Å²) in [5.74, 6) is 2.34. The van der Waals surface area contributed by atoms with Crippen molar-refractivity contribution < 1.29 is 0 Å². The SMILES string of the molecule is CC(CCl)CSc1snc2ccccc12. The van der Waals surface area contributed by atoms with Crippen LogP contribution in [0.3, 0.4) is 0 Å². The first-order valence-corrected chi connectivity index (χ1v) is 7.14. The highest BCUT2D eigenvalue weighted by Gasteiger charge is 2.07. The van der Waals surface area contributed by atoms with Gasteiger partial charge in [0.2, 0.25) is 0 Å². The second-order valence-corrected chi connectivity index (χ2v) is 5.93. The zero-order valence-corrected chi connectivity index (χ0v) is 10.8. The summed E-state index contributed by atoms with van der Waals surface area (Å²) < 4.78 is 5.72. The number of fused-ring (bicyclic) bond motifs is 1. The van der Waals surface area contributed by atoms with Crippen LogP contribution in [0.2, 0.25) is 0 Å². The molecule has 0 aliphatic heterocycles. The van der Waals surface area contributed by atoms with Crippen molar-refractivity contribution in [2.24, 2.45) is 5.92 Å². The van der Waals surface area contributed by atoms with Crippen LogP contribution in [0, 0.1) is 5.92 Å². The molecule has 0 spiro atoms. The van der Waals surface area contributed by atoms with E-state index in [0.717, 1.165) is 17.1 Å². The van der Waals surface area contributed by atoms with E-state index in [-0.39, 0.29) is 0 Å². The van der Waals surface area contributed by atoms with Crippen molar-refractivity contribution in [2.45, 2.75) is 11.1 Å². The standard InChI is InChI=1S/C11H12ClNS2/c1-8(6-12)7-14-11-9-4-2-3-5-10(9)13-15-11/h2-5,8H,6-7H2,1H3. The highest BCUT2D eigenvalue weighted by Crippen LogP contribution is 2.32. The van der Waals surface area contributed by atoms with Gasteiger partial charge in [0.25, 0.3) is 0 Å². The molecule has 1 nitrogen and oxygen atoms in total. The highest BCUT2D eigenvalue weighted by molar-refractivity contribution is 8.01. The average Bonchev–Trinajstić information content (AvgIpc) is 2.69. The maximum Gasteiger partial charge on any atom is 0.0885 e. The average molecular weight is 258 g/mol. The molecule has 0 aliphatic rings. The monoisotopic (exact) mass is 257 g/mol. The van der Waals surface area contributed by atoms with E-state index in [4.69, 9.17) is 11.6 Å². The number of nitrogens with zero attached hydrogens (tertiary/aromatic N) is 1. The number of alkyl halides is 1. The van der Waals surface area contributed by atoms with E-state index in [2.05, 4.69) is 29.5 Å². The lowest BCUT2D eigenvalue weighted by Crippen LogP contribution is -1.98. The summed E-state index contributed by atoms with van der Waals surface area (Å²) in [7, 11) is 0. The maximum absolute atomic E-state index is 5.78. The van der Waals surface area contributed by atoms with E-state index in [1.165, 1.54) is 9.60 Å². The van der Waals surface area contributed by atoms with E-state index < -0.39 is 0 Å². The third-order valence-electron chi connectivity index (χ3n) is 2.11. The Hall–Kier alpha value is -0.250. The van der Waals surface area contributed by atoms with Crippen LogP contribution < -0.4 is 0 Å². The molecule has 4 heteroatoms. The molecule has 0 fully saturated rings. The number of rotatable bonds is 4. The van der Waals surface area contributed by atoms with Crippen LogP contribution in [0.4, 0.5) is 0 Å². The topological polar surface area (TPSA) is 12.9 Å². The van der Waals surface area contributed by atoms with Gasteiger partial charge in [-0.3, -0.25) is 0 Å². The predicted octanol–water partition coefficient (Wildman–Crippen LogP) is 4.26. The summed E-state index contributed by atoms with van der Waals surface area (Å²) in [6.07, 6.45) is 0. The Kier molecular flexibility index (Phi) is 3.89. The van der Waals surface area contributed by atoms with Crippen LogP contribution >= 0.6 is 34.9 Å². The summed E-state index contributed by atoms with van der Waals surface area (Å²) in [4.78, 5) is 0. The van der Waals surface area contributed by atoms with Crippen LogP contribution in [-0.4, -0.2) is 16.0 Å². The molecular formula is C11H12ClNS2. The van der Waals surface area contributed by atoms with Crippen molar-refractivity contribution in [1.82, 2.24) is 4.37 Å². The van der Waals surface area contributed by atoms with Crippen molar-refractivity contribution in [3.05, 3.63) is 24.3 Å². The van der Waals surface area contributed by atoms with E-state index >= 15 is 0 Å². The van der Waals surface area contributed by atoms with Gasteiger partial charge in [0.05, 0.1) is 9.73 Å². The van der Waals surface area contributed by atoms with Crippen LogP contribution in [0.1, 0.15) is 6.92 Å². The Morgan fingerprint density at radius 3 is 3.07 bits per heavy atom. The normalized spacial score (nSPS) is 13.2. The molecule has 0 bridgehead atoms. The lowest BCUT2D eigenvalue weighted by atomic mass is 10.3. The molecule has 2 aromatic rings. The lowest BCUT2D eigenvalue weighted by molar-refractivity contribution is 0.759. The van der Waals surface area contributed by atoms with E-state index in [9.17, 15) is 0 Å². The minimum absolute atomic E-state index is 0.553. The first kappa shape index (κ1) is 11.2. The van der Waals surface area contributed by atoms with E-state index in [1.807, 2.05) is 17.8 Å². The molecule has 0 saturated carbocycles. The number of aromatic nitrogens is 1. The Morgan fingerprint density at radius 1 is 1.47 bits per heavy atom. The number of halogens is 1. The van der Waals surface area contributed by atoms with Gasteiger partial charge in [0, 0.05) is 17.0 Å². The maximum atomic E-state index is 5.78. The minimum Gasteiger partial charge on any atom is -0.191 e. The van der Waals surface area contributed by atoms with Crippen molar-refractivity contribution in [3.8, 4) is 0 Å². The largest absolute Gasteiger partial charge is 0.191 e. The summed E-state index contributed by atoms with van der Waals surface area (Å²) in [6, 6.07) is 8.27. The van der Waals surface area contributed by atoms with Gasteiger partial charge in [-0.25, -0.2) is 0 Å². The molecule has 0 radical (unpaired) electrons. The second-order valence-electron chi connectivity index (χ2n) is 3.56. The molecule has 2 rings (SSSR count). The smallest absolute Gasteiger partial charge is 0.0885 e. The van der Waals surface area contributed by atoms with Crippen molar-refractivity contribution in [1.29, 1.82) is 0 Å². The van der Waals surface area contributed by atoms with Gasteiger partial charge >= 0.3 is 0 Å². The molecule has 0 N–H and O–H groups in total. The van der Waals surface area contributed by atoms with Gasteiger partial charge in [0.15, 0.2) is 0 Å². The number of thioether (sulfide) groups is 1. The van der Waals surface area contributed by atoms with Crippen LogP contribution in [0.25, 0.3) is 10.9 Å². The van der Waals surface area contributed by atoms with Crippen molar-refractivity contribution in [3.63, 3.8) is 0 Å². The quantitative estimate of drug-likeness (QED) is 0.600. The minimum atomic E-state index is 0.553. The zero-order chi connectivity index (χ0) is 10.7. The second kappa shape index (κ2) is 5.19. The molecule has 1 heterocycles. The summed E-state index contributed by atoms with van der Waals surface area (Å²) in [5, 5.41) is 1.27. The zero-order valence-electron chi connectivity index (χ0n) is 8.44. The Balaban J connectivity index is 2.14. The van der Waals surface area contributed by atoms with Gasteiger partial charge < -0.3 is 0 Å². The van der Waals surface area contributed by atoms with Gasteiger partial charge in [-0.05, 0) is 23.5 Å². The molecule has 0 saturated heterocycles. The lowest BCUT2D eigenvalue weighted by Gasteiger charge is -2.04. The third kappa shape index (κ3) is 2.65. The molecule has 0 amide bonds. The molecule has 80 valence electrons. The fourth-order valence-corrected chi connectivity index (χ4v) is 3.49. The third-order valence-corrected chi connectivity index (χ3v) is 5.11. The molecule has 1 aromatic carbocycles. The van der Waals surface area contributed by atoms with Gasteiger partial charge in [-0.2, -0.15) is 4.37 Å². The van der Waals surface area contributed by atoms with Crippen LogP contribution in [0.5, 0.6) is 0 Å². The molecule has 1 unspecified atom stereocenters. The fourth-order valence-electron chi connectivity index (χ4n) is 1.23. The summed E-state index contributed by atoms with van der Waals surface area (Å²) in [5.41, 5.74) is 1.10. The first-order chi connectivity index (χ1) is 7.31.